The second-order valence-electron chi connectivity index (χ2n) is 5.96. The quantitative estimate of drug-likeness (QED) is 0.682. The molecule has 0 radical (unpaired) electrons. The Balaban J connectivity index is 1.30. The van der Waals surface area contributed by atoms with Crippen LogP contribution in [0.25, 0.3) is 16.8 Å². The number of benzene rings is 1. The van der Waals surface area contributed by atoms with Gasteiger partial charge in [-0.3, -0.25) is 9.88 Å². The third-order valence-electron chi connectivity index (χ3n) is 4.21. The number of nitrogens with zero attached hydrogens (tertiary/aromatic N) is 3. The Morgan fingerprint density at radius 2 is 1.83 bits per heavy atom. The van der Waals surface area contributed by atoms with E-state index >= 15 is 0 Å². The van der Waals surface area contributed by atoms with Crippen molar-refractivity contribution in [1.29, 1.82) is 0 Å². The standard InChI is InChI=1S/C20H19N3S/c1-2-8-17-14-23(13-16(17)7-1)12-6-4-9-18-15-24-20(22-18)19-10-3-5-11-21-19/h1-5,7-11,15H,6,12-14H2/b9-4-. The highest BCUT2D eigenvalue weighted by Crippen LogP contribution is 2.23. The monoisotopic (exact) mass is 333 g/mol. The Morgan fingerprint density at radius 3 is 2.58 bits per heavy atom. The van der Waals surface area contributed by atoms with Crippen molar-refractivity contribution < 1.29 is 0 Å². The van der Waals surface area contributed by atoms with E-state index in [2.05, 4.69) is 56.7 Å². The van der Waals surface area contributed by atoms with Crippen LogP contribution in [-0.4, -0.2) is 21.4 Å². The van der Waals surface area contributed by atoms with E-state index in [1.807, 2.05) is 18.2 Å². The Hall–Kier alpha value is -2.30. The van der Waals surface area contributed by atoms with E-state index in [0.29, 0.717) is 0 Å². The van der Waals surface area contributed by atoms with Gasteiger partial charge >= 0.3 is 0 Å². The summed E-state index contributed by atoms with van der Waals surface area (Å²) < 4.78 is 0. The Bertz CT molecular complexity index is 814. The molecule has 2 aromatic heterocycles. The van der Waals surface area contributed by atoms with Crippen LogP contribution in [0.2, 0.25) is 0 Å². The van der Waals surface area contributed by atoms with Gasteiger partial charge in [0.15, 0.2) is 0 Å². The molecule has 1 aromatic carbocycles. The fourth-order valence-electron chi connectivity index (χ4n) is 2.99. The molecule has 0 amide bonds. The maximum atomic E-state index is 4.64. The molecular weight excluding hydrogens is 314 g/mol. The zero-order chi connectivity index (χ0) is 16.2. The molecule has 4 heteroatoms. The molecule has 0 spiro atoms. The van der Waals surface area contributed by atoms with Gasteiger partial charge in [-0.05, 0) is 35.8 Å². The third kappa shape index (κ3) is 3.45. The molecule has 0 fully saturated rings. The van der Waals surface area contributed by atoms with Crippen molar-refractivity contribution in [2.24, 2.45) is 0 Å². The highest BCUT2D eigenvalue weighted by atomic mass is 32.1. The maximum absolute atomic E-state index is 4.64. The average molecular weight is 333 g/mol. The lowest BCUT2D eigenvalue weighted by Gasteiger charge is -2.12. The van der Waals surface area contributed by atoms with Gasteiger partial charge in [-0.1, -0.05) is 36.4 Å². The van der Waals surface area contributed by atoms with E-state index in [1.165, 1.54) is 11.1 Å². The molecule has 0 atom stereocenters. The van der Waals surface area contributed by atoms with Gasteiger partial charge in [0.25, 0.3) is 0 Å². The van der Waals surface area contributed by atoms with Gasteiger partial charge in [0.2, 0.25) is 0 Å². The van der Waals surface area contributed by atoms with Crippen molar-refractivity contribution in [3.63, 3.8) is 0 Å². The molecule has 1 aliphatic rings. The van der Waals surface area contributed by atoms with Crippen LogP contribution in [-0.2, 0) is 13.1 Å². The zero-order valence-electron chi connectivity index (χ0n) is 13.4. The van der Waals surface area contributed by atoms with Gasteiger partial charge < -0.3 is 0 Å². The van der Waals surface area contributed by atoms with Crippen LogP contribution >= 0.6 is 11.3 Å². The normalized spacial score (nSPS) is 14.3. The van der Waals surface area contributed by atoms with Gasteiger partial charge in [0.05, 0.1) is 11.4 Å². The number of rotatable bonds is 5. The van der Waals surface area contributed by atoms with Crippen LogP contribution < -0.4 is 0 Å². The van der Waals surface area contributed by atoms with E-state index in [4.69, 9.17) is 0 Å². The second kappa shape index (κ2) is 7.07. The first-order valence-electron chi connectivity index (χ1n) is 8.21. The summed E-state index contributed by atoms with van der Waals surface area (Å²) in [6.45, 7) is 3.23. The minimum atomic E-state index is 0.942. The fourth-order valence-corrected chi connectivity index (χ4v) is 3.76. The maximum Gasteiger partial charge on any atom is 0.142 e. The van der Waals surface area contributed by atoms with Crippen molar-refractivity contribution in [2.75, 3.05) is 6.54 Å². The molecule has 0 unspecified atom stereocenters. The lowest BCUT2D eigenvalue weighted by molar-refractivity contribution is 0.290. The molecular formula is C20H19N3S. The second-order valence-corrected chi connectivity index (χ2v) is 6.82. The van der Waals surface area contributed by atoms with Crippen LogP contribution in [0.15, 0.2) is 60.1 Å². The van der Waals surface area contributed by atoms with Gasteiger partial charge in [-0.25, -0.2) is 4.98 Å². The largest absolute Gasteiger partial charge is 0.295 e. The molecule has 0 saturated carbocycles. The minimum absolute atomic E-state index is 0.942. The summed E-state index contributed by atoms with van der Waals surface area (Å²) in [6.07, 6.45) is 7.19. The number of fused-ring (bicyclic) bond motifs is 1. The highest BCUT2D eigenvalue weighted by molar-refractivity contribution is 7.13. The molecule has 3 heterocycles. The predicted molar refractivity (Wildman–Crippen MR) is 99.6 cm³/mol. The number of pyridine rings is 1. The number of hydrogen-bond donors (Lipinski definition) is 0. The van der Waals surface area contributed by atoms with E-state index in [9.17, 15) is 0 Å². The smallest absolute Gasteiger partial charge is 0.142 e. The molecule has 4 rings (SSSR count). The van der Waals surface area contributed by atoms with Crippen molar-refractivity contribution in [1.82, 2.24) is 14.9 Å². The molecule has 1 aliphatic heterocycles. The Kier molecular flexibility index (Phi) is 4.49. The topological polar surface area (TPSA) is 29.0 Å². The van der Waals surface area contributed by atoms with Crippen LogP contribution in [0.1, 0.15) is 23.2 Å². The summed E-state index contributed by atoms with van der Waals surface area (Å²) in [4.78, 5) is 11.5. The zero-order valence-corrected chi connectivity index (χ0v) is 14.2. The summed E-state index contributed by atoms with van der Waals surface area (Å²) in [5.74, 6) is 0. The van der Waals surface area contributed by atoms with Crippen molar-refractivity contribution in [2.45, 2.75) is 19.5 Å². The van der Waals surface area contributed by atoms with E-state index in [0.717, 1.165) is 42.5 Å². The first-order valence-corrected chi connectivity index (χ1v) is 9.09. The van der Waals surface area contributed by atoms with E-state index < -0.39 is 0 Å². The average Bonchev–Trinajstić information content (AvgIpc) is 3.26. The summed E-state index contributed by atoms with van der Waals surface area (Å²) in [5, 5.41) is 3.07. The third-order valence-corrected chi connectivity index (χ3v) is 5.10. The lowest BCUT2D eigenvalue weighted by Crippen LogP contribution is -2.16. The molecule has 0 aliphatic carbocycles. The number of thiazole rings is 1. The molecule has 120 valence electrons. The molecule has 0 saturated heterocycles. The number of hydrogen-bond acceptors (Lipinski definition) is 4. The molecule has 3 nitrogen and oxygen atoms in total. The molecule has 0 bridgehead atoms. The molecule has 0 N–H and O–H groups in total. The van der Waals surface area contributed by atoms with Crippen LogP contribution in [0.5, 0.6) is 0 Å². The summed E-state index contributed by atoms with van der Waals surface area (Å²) in [6, 6.07) is 14.6. The molecule has 3 aromatic rings. The van der Waals surface area contributed by atoms with Gasteiger partial charge in [-0.2, -0.15) is 0 Å². The van der Waals surface area contributed by atoms with Gasteiger partial charge in [-0.15, -0.1) is 11.3 Å². The highest BCUT2D eigenvalue weighted by Gasteiger charge is 2.16. The van der Waals surface area contributed by atoms with Crippen LogP contribution in [0.4, 0.5) is 0 Å². The summed E-state index contributed by atoms with van der Waals surface area (Å²) >= 11 is 1.64. The van der Waals surface area contributed by atoms with Crippen molar-refractivity contribution in [3.8, 4) is 10.7 Å². The van der Waals surface area contributed by atoms with Gasteiger partial charge in [0, 0.05) is 31.2 Å². The predicted octanol–water partition coefficient (Wildman–Crippen LogP) is 4.62. The number of aromatic nitrogens is 2. The first kappa shape index (κ1) is 15.2. The fraction of sp³-hybridized carbons (Fsp3) is 0.200. The van der Waals surface area contributed by atoms with Crippen molar-refractivity contribution in [3.05, 3.63) is 76.9 Å². The minimum Gasteiger partial charge on any atom is -0.295 e. The lowest BCUT2D eigenvalue weighted by atomic mass is 10.1. The summed E-state index contributed by atoms with van der Waals surface area (Å²) in [7, 11) is 0. The SMILES string of the molecule is C(=C/c1csc(-c2ccccn2)n1)/CCN1Cc2ccccc2C1. The Morgan fingerprint density at radius 1 is 1.04 bits per heavy atom. The van der Waals surface area contributed by atoms with Crippen LogP contribution in [0.3, 0.4) is 0 Å². The van der Waals surface area contributed by atoms with Gasteiger partial charge in [0.1, 0.15) is 5.01 Å². The molecule has 24 heavy (non-hydrogen) atoms. The van der Waals surface area contributed by atoms with Crippen molar-refractivity contribution >= 4 is 17.4 Å². The van der Waals surface area contributed by atoms with E-state index in [1.54, 1.807) is 17.5 Å². The Labute approximate surface area is 146 Å². The first-order chi connectivity index (χ1) is 11.9. The van der Waals surface area contributed by atoms with E-state index in [-0.39, 0.29) is 0 Å². The van der Waals surface area contributed by atoms with Crippen LogP contribution in [0, 0.1) is 0 Å². The summed E-state index contributed by atoms with van der Waals surface area (Å²) in [5.41, 5.74) is 4.91.